The van der Waals surface area contributed by atoms with Crippen LogP contribution in [-0.4, -0.2) is 0 Å². The van der Waals surface area contributed by atoms with Crippen molar-refractivity contribution in [3.8, 4) is 39.0 Å². The van der Waals surface area contributed by atoms with E-state index in [1.54, 1.807) is 0 Å². The van der Waals surface area contributed by atoms with Crippen LogP contribution in [-0.2, 0) is 17.3 Å². The molecule has 296 valence electrons. The fourth-order valence-electron chi connectivity index (χ4n) is 8.23. The first kappa shape index (κ1) is 38.5. The average molecular weight is 958 g/mol. The van der Waals surface area contributed by atoms with Crippen LogP contribution < -0.4 is 0 Å². The molecule has 9 aromatic heterocycles. The standard InChI is InChI=1S/C50H36S10/c1-49(2,45-6-5-18-52-45)47-15-16-48(60-47)50(3,4)46-14-13-36(59-46)35-10-9-32(54-35)31-7-8-33(53-31)34-11-12-37(55-34)42-24-29-22-41-30(23-40(29)56-42)26-44(58-41)43-25-28-21-38-27(17-19-51-38)20-39(28)57-43/h5-24,26,43H,25H2,1-4H3. The lowest BCUT2D eigenvalue weighted by atomic mass is 9.88. The lowest BCUT2D eigenvalue weighted by Gasteiger charge is -2.24. The molecule has 1 atom stereocenters. The van der Waals surface area contributed by atoms with Gasteiger partial charge < -0.3 is 0 Å². The second kappa shape index (κ2) is 14.7. The monoisotopic (exact) mass is 956 g/mol. The SMILES string of the molecule is CC(C)(c1cccs1)c1ccc(C(C)(C)c2ccc(-c3ccc(-c4ccc(-c5ccc(-c6cc7cc8sc(C9Cc%10cc%11sccc%11cc%10S9)cc8cc7s6)s5)s4)s3)s2)s1. The summed E-state index contributed by atoms with van der Waals surface area (Å²) < 4.78 is 4.19. The molecular weight excluding hydrogens is 921 g/mol. The van der Waals surface area contributed by atoms with Gasteiger partial charge in [-0.3, -0.25) is 0 Å². The van der Waals surface area contributed by atoms with Crippen molar-refractivity contribution in [2.75, 3.05) is 0 Å². The van der Waals surface area contributed by atoms with Gasteiger partial charge in [-0.1, -0.05) is 33.8 Å². The molecule has 2 aromatic carbocycles. The van der Waals surface area contributed by atoms with Crippen LogP contribution in [0.5, 0.6) is 0 Å². The Morgan fingerprint density at radius 1 is 0.417 bits per heavy atom. The van der Waals surface area contributed by atoms with Crippen molar-refractivity contribution in [1.29, 1.82) is 0 Å². The van der Waals surface area contributed by atoms with E-state index in [9.17, 15) is 0 Å². The average Bonchev–Trinajstić information content (AvgIpc) is 4.10. The van der Waals surface area contributed by atoms with E-state index in [-0.39, 0.29) is 10.8 Å². The molecule has 0 aliphatic carbocycles. The highest BCUT2D eigenvalue weighted by molar-refractivity contribution is 8.00. The Kier molecular flexibility index (Phi) is 9.46. The molecule has 1 aliphatic rings. The van der Waals surface area contributed by atoms with Gasteiger partial charge in [0.15, 0.2) is 0 Å². The fourth-order valence-corrected chi connectivity index (χ4v) is 19.5. The lowest BCUT2D eigenvalue weighted by Crippen LogP contribution is -2.16. The first-order valence-corrected chi connectivity index (χ1v) is 28.2. The van der Waals surface area contributed by atoms with E-state index in [4.69, 9.17) is 0 Å². The van der Waals surface area contributed by atoms with E-state index in [0.29, 0.717) is 5.25 Å². The van der Waals surface area contributed by atoms with Crippen molar-refractivity contribution in [2.24, 2.45) is 0 Å². The maximum absolute atomic E-state index is 2.46. The van der Waals surface area contributed by atoms with Crippen molar-refractivity contribution in [1.82, 2.24) is 0 Å². The molecule has 0 fully saturated rings. The van der Waals surface area contributed by atoms with Crippen LogP contribution in [0.1, 0.15) is 62.9 Å². The normalized spacial score (nSPS) is 14.7. The summed E-state index contributed by atoms with van der Waals surface area (Å²) in [5, 5.41) is 9.03. The van der Waals surface area contributed by atoms with E-state index in [2.05, 4.69) is 165 Å². The minimum atomic E-state index is -0.0453. The summed E-state index contributed by atoms with van der Waals surface area (Å²) in [4.78, 5) is 19.4. The molecule has 12 rings (SSSR count). The van der Waals surface area contributed by atoms with Gasteiger partial charge in [0.1, 0.15) is 0 Å². The van der Waals surface area contributed by atoms with Crippen molar-refractivity contribution in [3.05, 3.63) is 156 Å². The van der Waals surface area contributed by atoms with Crippen LogP contribution >= 0.6 is 114 Å². The maximum atomic E-state index is 2.46. The van der Waals surface area contributed by atoms with Gasteiger partial charge in [-0.05, 0) is 148 Å². The van der Waals surface area contributed by atoms with Crippen molar-refractivity contribution < 1.29 is 0 Å². The van der Waals surface area contributed by atoms with E-state index >= 15 is 0 Å². The van der Waals surface area contributed by atoms with E-state index in [1.165, 1.54) is 104 Å². The molecule has 60 heavy (non-hydrogen) atoms. The van der Waals surface area contributed by atoms with Gasteiger partial charge in [-0.25, -0.2) is 0 Å². The first-order chi connectivity index (χ1) is 29.1. The Morgan fingerprint density at radius 3 is 1.65 bits per heavy atom. The number of hydrogen-bond acceptors (Lipinski definition) is 10. The van der Waals surface area contributed by atoms with Crippen LogP contribution in [0.3, 0.4) is 0 Å². The molecule has 1 aliphatic heterocycles. The summed E-state index contributed by atoms with van der Waals surface area (Å²) >= 11 is 19.3. The van der Waals surface area contributed by atoms with Crippen LogP contribution in [0.25, 0.3) is 69.3 Å². The summed E-state index contributed by atoms with van der Waals surface area (Å²) in [5.74, 6) is 0. The van der Waals surface area contributed by atoms with Gasteiger partial charge >= 0.3 is 0 Å². The predicted octanol–water partition coefficient (Wildman–Crippen LogP) is 19.4. The molecule has 0 saturated heterocycles. The molecular formula is C50H36S10. The van der Waals surface area contributed by atoms with E-state index in [0.717, 1.165) is 6.42 Å². The van der Waals surface area contributed by atoms with Crippen LogP contribution in [0, 0.1) is 0 Å². The number of thiophene rings is 9. The van der Waals surface area contributed by atoms with Gasteiger partial charge in [0.2, 0.25) is 0 Å². The van der Waals surface area contributed by atoms with E-state index < -0.39 is 0 Å². The van der Waals surface area contributed by atoms with Crippen molar-refractivity contribution in [3.63, 3.8) is 0 Å². The third-order valence-corrected chi connectivity index (χ3v) is 24.8. The lowest BCUT2D eigenvalue weighted by molar-refractivity contribution is 0.669. The highest BCUT2D eigenvalue weighted by Crippen LogP contribution is 2.52. The second-order valence-electron chi connectivity index (χ2n) is 16.5. The molecule has 1 unspecified atom stereocenters. The fraction of sp³-hybridized carbons (Fsp3) is 0.160. The summed E-state index contributed by atoms with van der Waals surface area (Å²) in [6, 6.07) is 44.6. The molecule has 0 radical (unpaired) electrons. The summed E-state index contributed by atoms with van der Waals surface area (Å²) in [6.07, 6.45) is 1.13. The minimum absolute atomic E-state index is 0.0260. The Balaban J connectivity index is 0.741. The maximum Gasteiger partial charge on any atom is 0.0479 e. The molecule has 0 saturated carbocycles. The first-order valence-electron chi connectivity index (χ1n) is 19.8. The number of fused-ring (bicyclic) bond motifs is 4. The smallest absolute Gasteiger partial charge is 0.0479 e. The minimum Gasteiger partial charge on any atom is -0.148 e. The van der Waals surface area contributed by atoms with Crippen LogP contribution in [0.2, 0.25) is 0 Å². The molecule has 0 bridgehead atoms. The molecule has 10 heteroatoms. The molecule has 0 nitrogen and oxygen atoms in total. The molecule has 11 aromatic rings. The molecule has 0 spiro atoms. The quantitative estimate of drug-likeness (QED) is 0.139. The number of rotatable bonds is 9. The molecule has 0 amide bonds. The molecule has 10 heterocycles. The van der Waals surface area contributed by atoms with Gasteiger partial charge in [0.25, 0.3) is 0 Å². The number of thioether (sulfide) groups is 1. The van der Waals surface area contributed by atoms with Gasteiger partial charge in [0.05, 0.1) is 0 Å². The molecule has 0 N–H and O–H groups in total. The Morgan fingerprint density at radius 2 is 0.983 bits per heavy atom. The van der Waals surface area contributed by atoms with Gasteiger partial charge in [-0.2, -0.15) is 0 Å². The van der Waals surface area contributed by atoms with Crippen molar-refractivity contribution in [2.45, 2.75) is 55.1 Å². The van der Waals surface area contributed by atoms with Crippen molar-refractivity contribution >= 4 is 144 Å². The van der Waals surface area contributed by atoms with E-state index in [1.807, 2.05) is 102 Å². The third-order valence-electron chi connectivity index (χ3n) is 11.8. The van der Waals surface area contributed by atoms with Crippen LogP contribution in [0.4, 0.5) is 0 Å². The predicted molar refractivity (Wildman–Crippen MR) is 277 cm³/mol. The van der Waals surface area contributed by atoms with Crippen LogP contribution in [0.15, 0.2) is 131 Å². The highest BCUT2D eigenvalue weighted by atomic mass is 32.2. The third kappa shape index (κ3) is 6.64. The topological polar surface area (TPSA) is 0 Å². The summed E-state index contributed by atoms with van der Waals surface area (Å²) in [6.45, 7) is 9.47. The number of benzene rings is 2. The summed E-state index contributed by atoms with van der Waals surface area (Å²) in [5.41, 5.74) is 1.49. The zero-order chi connectivity index (χ0) is 40.3. The highest BCUT2D eigenvalue weighted by Gasteiger charge is 2.32. The zero-order valence-electron chi connectivity index (χ0n) is 33.0. The van der Waals surface area contributed by atoms with Gasteiger partial charge in [0, 0.05) is 98.5 Å². The largest absolute Gasteiger partial charge is 0.148 e. The Bertz CT molecular complexity index is 3260. The zero-order valence-corrected chi connectivity index (χ0v) is 41.2. The van der Waals surface area contributed by atoms with Gasteiger partial charge in [-0.15, -0.1) is 114 Å². The number of hydrogen-bond donors (Lipinski definition) is 0. The summed E-state index contributed by atoms with van der Waals surface area (Å²) in [7, 11) is 0. The Hall–Kier alpha value is -3.13. The second-order valence-corrected chi connectivity index (χ2v) is 27.2. The Labute approximate surface area is 390 Å².